The number of hydrogen-bond donors (Lipinski definition) is 2. The lowest BCUT2D eigenvalue weighted by atomic mass is 9.81. The highest BCUT2D eigenvalue weighted by molar-refractivity contribution is 5.98. The van der Waals surface area contributed by atoms with Gasteiger partial charge in [-0.2, -0.15) is 5.26 Å². The lowest BCUT2D eigenvalue weighted by molar-refractivity contribution is 0.395. The molecule has 0 bridgehead atoms. The third-order valence-electron chi connectivity index (χ3n) is 4.75. The highest BCUT2D eigenvalue weighted by atomic mass is 19.1. The fourth-order valence-corrected chi connectivity index (χ4v) is 3.38. The van der Waals surface area contributed by atoms with Gasteiger partial charge in [0.2, 0.25) is 0 Å². The minimum absolute atomic E-state index is 0.164. The average molecular weight is 358 g/mol. The molecule has 1 aliphatic rings. The first-order valence-electron chi connectivity index (χ1n) is 8.32. The predicted octanol–water partition coefficient (Wildman–Crippen LogP) is 2.94. The largest absolute Gasteiger partial charge is 0.360 e. The molecule has 0 aliphatic carbocycles. The molecule has 0 amide bonds. The fourth-order valence-electron chi connectivity index (χ4n) is 3.38. The highest BCUT2D eigenvalue weighted by Gasteiger charge is 2.36. The van der Waals surface area contributed by atoms with Crippen molar-refractivity contribution in [3.8, 4) is 17.2 Å². The van der Waals surface area contributed by atoms with Crippen molar-refractivity contribution in [1.82, 2.24) is 20.3 Å². The van der Waals surface area contributed by atoms with E-state index in [1.54, 1.807) is 30.6 Å². The van der Waals surface area contributed by atoms with Gasteiger partial charge in [0.05, 0.1) is 22.4 Å². The Bertz CT molecular complexity index is 1100. The van der Waals surface area contributed by atoms with Crippen LogP contribution in [0.2, 0.25) is 0 Å². The number of pyridine rings is 1. The third-order valence-corrected chi connectivity index (χ3v) is 4.75. The lowest BCUT2D eigenvalue weighted by Gasteiger charge is -2.37. The van der Waals surface area contributed by atoms with E-state index in [1.165, 1.54) is 18.6 Å². The molecule has 0 radical (unpaired) electrons. The Kier molecular flexibility index (Phi) is 3.89. The molecule has 4 rings (SSSR count). The number of benzene rings is 1. The van der Waals surface area contributed by atoms with Gasteiger partial charge in [-0.15, -0.1) is 0 Å². The van der Waals surface area contributed by atoms with Gasteiger partial charge in [0.1, 0.15) is 24.0 Å². The van der Waals surface area contributed by atoms with Crippen LogP contribution >= 0.6 is 0 Å². The molecule has 0 unspecified atom stereocenters. The van der Waals surface area contributed by atoms with Crippen molar-refractivity contribution in [2.75, 3.05) is 0 Å². The van der Waals surface area contributed by atoms with E-state index in [1.807, 2.05) is 6.92 Å². The second-order valence-corrected chi connectivity index (χ2v) is 6.66. The van der Waals surface area contributed by atoms with Gasteiger partial charge in [-0.1, -0.05) is 6.07 Å². The summed E-state index contributed by atoms with van der Waals surface area (Å²) in [6, 6.07) is 8.57. The smallest absolute Gasteiger partial charge is 0.129 e. The summed E-state index contributed by atoms with van der Waals surface area (Å²) in [5.41, 5.74) is 2.83. The molecule has 7 heteroatoms. The summed E-state index contributed by atoms with van der Waals surface area (Å²) in [5, 5.41) is 20.4. The maximum atomic E-state index is 14.8. The van der Waals surface area contributed by atoms with Crippen LogP contribution in [0.3, 0.4) is 0 Å². The van der Waals surface area contributed by atoms with Gasteiger partial charge < -0.3 is 5.32 Å². The Morgan fingerprint density at radius 1 is 1.19 bits per heavy atom. The first kappa shape index (κ1) is 16.8. The first-order chi connectivity index (χ1) is 13.0. The van der Waals surface area contributed by atoms with Gasteiger partial charge in [-0.3, -0.25) is 10.4 Å². The lowest BCUT2D eigenvalue weighted by Crippen LogP contribution is -2.50. The zero-order valence-electron chi connectivity index (χ0n) is 14.5. The summed E-state index contributed by atoms with van der Waals surface area (Å²) in [4.78, 5) is 12.3. The summed E-state index contributed by atoms with van der Waals surface area (Å²) in [6.07, 6.45) is 6.56. The van der Waals surface area contributed by atoms with Crippen molar-refractivity contribution >= 4 is 5.84 Å². The number of fused-ring (bicyclic) bond motifs is 1. The van der Waals surface area contributed by atoms with E-state index in [9.17, 15) is 4.39 Å². The van der Waals surface area contributed by atoms with Crippen molar-refractivity contribution in [2.45, 2.75) is 18.9 Å². The molecule has 0 saturated carbocycles. The van der Waals surface area contributed by atoms with Crippen molar-refractivity contribution in [1.29, 1.82) is 10.7 Å². The molecule has 3 aromatic rings. The van der Waals surface area contributed by atoms with Crippen LogP contribution in [0.5, 0.6) is 0 Å². The SMILES string of the molecule is C[C@@]1(c2cc(-c3cncc(C#N)c3)ccc2F)Cc2ncncc2C(=N)N1. The van der Waals surface area contributed by atoms with Crippen molar-refractivity contribution in [2.24, 2.45) is 0 Å². The molecule has 0 fully saturated rings. The van der Waals surface area contributed by atoms with Crippen LogP contribution in [0, 0.1) is 22.6 Å². The molecule has 132 valence electrons. The van der Waals surface area contributed by atoms with Crippen LogP contribution in [-0.2, 0) is 12.0 Å². The van der Waals surface area contributed by atoms with Crippen LogP contribution in [0.1, 0.15) is 29.3 Å². The van der Waals surface area contributed by atoms with Gasteiger partial charge in [-0.05, 0) is 30.7 Å². The van der Waals surface area contributed by atoms with Crippen LogP contribution in [0.25, 0.3) is 11.1 Å². The van der Waals surface area contributed by atoms with Crippen molar-refractivity contribution < 1.29 is 4.39 Å². The number of nitrogens with zero attached hydrogens (tertiary/aromatic N) is 4. The Balaban J connectivity index is 1.80. The molecular weight excluding hydrogens is 343 g/mol. The molecule has 6 nitrogen and oxygen atoms in total. The molecule has 2 N–H and O–H groups in total. The van der Waals surface area contributed by atoms with Crippen molar-refractivity contribution in [3.05, 3.63) is 77.4 Å². The predicted molar refractivity (Wildman–Crippen MR) is 97.4 cm³/mol. The molecule has 1 atom stereocenters. The summed E-state index contributed by atoms with van der Waals surface area (Å²) in [5.74, 6) is -0.208. The molecule has 1 aliphatic heterocycles. The average Bonchev–Trinajstić information content (AvgIpc) is 2.68. The van der Waals surface area contributed by atoms with Gasteiger partial charge >= 0.3 is 0 Å². The van der Waals surface area contributed by atoms with Crippen molar-refractivity contribution in [3.63, 3.8) is 0 Å². The molecule has 3 heterocycles. The maximum Gasteiger partial charge on any atom is 0.129 e. The third kappa shape index (κ3) is 2.91. The maximum absolute atomic E-state index is 14.8. The second-order valence-electron chi connectivity index (χ2n) is 6.66. The summed E-state index contributed by atoms with van der Waals surface area (Å²) < 4.78 is 14.8. The van der Waals surface area contributed by atoms with E-state index in [4.69, 9.17) is 10.7 Å². The van der Waals surface area contributed by atoms with Crippen LogP contribution in [0.15, 0.2) is 49.2 Å². The Labute approximate surface area is 155 Å². The van der Waals surface area contributed by atoms with E-state index in [0.717, 1.165) is 11.1 Å². The van der Waals surface area contributed by atoms with Gasteiger partial charge in [0.25, 0.3) is 0 Å². The number of amidine groups is 1. The zero-order chi connectivity index (χ0) is 19.0. The zero-order valence-corrected chi connectivity index (χ0v) is 14.5. The quantitative estimate of drug-likeness (QED) is 0.734. The molecular formula is C20H15FN6. The summed E-state index contributed by atoms with van der Waals surface area (Å²) in [6.45, 7) is 1.85. The topological polar surface area (TPSA) is 98.3 Å². The number of halogens is 1. The standard InChI is InChI=1S/C20H15FN6/c1-20(6-18-15(19(23)27-20)10-25-11-26-18)16-5-13(2-3-17(16)21)14-4-12(7-22)8-24-9-14/h2-5,8-11H,6H2,1H3,(H2,23,27)/t20-/m0/s1. The molecule has 27 heavy (non-hydrogen) atoms. The van der Waals surface area contributed by atoms with Gasteiger partial charge in [0, 0.05) is 36.1 Å². The van der Waals surface area contributed by atoms with E-state index >= 15 is 0 Å². The number of aromatic nitrogens is 3. The second kappa shape index (κ2) is 6.25. The monoisotopic (exact) mass is 358 g/mol. The van der Waals surface area contributed by atoms with Crippen LogP contribution in [-0.4, -0.2) is 20.8 Å². The molecule has 2 aromatic heterocycles. The first-order valence-corrected chi connectivity index (χ1v) is 8.32. The molecule has 0 saturated heterocycles. The Hall–Kier alpha value is -3.66. The summed E-state index contributed by atoms with van der Waals surface area (Å²) in [7, 11) is 0. The number of rotatable bonds is 2. The number of nitrogens with one attached hydrogen (secondary N) is 2. The molecule has 1 aromatic carbocycles. The highest BCUT2D eigenvalue weighted by Crippen LogP contribution is 2.34. The normalized spacial score (nSPS) is 18.3. The van der Waals surface area contributed by atoms with Crippen LogP contribution < -0.4 is 5.32 Å². The van der Waals surface area contributed by atoms with E-state index < -0.39 is 5.54 Å². The minimum Gasteiger partial charge on any atom is -0.360 e. The fraction of sp³-hybridized carbons (Fsp3) is 0.150. The minimum atomic E-state index is -0.835. The van der Waals surface area contributed by atoms with E-state index in [2.05, 4.69) is 26.3 Å². The van der Waals surface area contributed by atoms with E-state index in [0.29, 0.717) is 28.8 Å². The molecule has 0 spiro atoms. The van der Waals surface area contributed by atoms with E-state index in [-0.39, 0.29) is 11.7 Å². The van der Waals surface area contributed by atoms with Crippen LogP contribution in [0.4, 0.5) is 4.39 Å². The van der Waals surface area contributed by atoms with Gasteiger partial charge in [-0.25, -0.2) is 14.4 Å². The summed E-state index contributed by atoms with van der Waals surface area (Å²) >= 11 is 0. The Morgan fingerprint density at radius 2 is 2.04 bits per heavy atom. The van der Waals surface area contributed by atoms with Gasteiger partial charge in [0.15, 0.2) is 0 Å². The Morgan fingerprint density at radius 3 is 2.85 bits per heavy atom. The number of nitriles is 1. The number of hydrogen-bond acceptors (Lipinski definition) is 5.